The molecule has 10 heteroatoms. The van der Waals surface area contributed by atoms with Gasteiger partial charge in [0.05, 0.1) is 21.9 Å². The molecule has 4 aromatic rings. The summed E-state index contributed by atoms with van der Waals surface area (Å²) < 4.78 is 7.06. The fourth-order valence-electron chi connectivity index (χ4n) is 3.49. The highest BCUT2D eigenvalue weighted by molar-refractivity contribution is 6.36. The molecule has 0 saturated carbocycles. The van der Waals surface area contributed by atoms with E-state index in [4.69, 9.17) is 43.8 Å². The van der Waals surface area contributed by atoms with Gasteiger partial charge in [-0.2, -0.15) is 5.10 Å². The fraction of sp³-hybridized carbons (Fsp3) is 0.143. The Kier molecular flexibility index (Phi) is 5.77. The second kappa shape index (κ2) is 8.50. The third kappa shape index (κ3) is 3.93. The molecule has 0 fully saturated rings. The number of carboxylic acid groups (broad SMARTS) is 1. The number of fused-ring (bicyclic) bond motifs is 1. The Morgan fingerprint density at radius 2 is 2.06 bits per heavy atom. The minimum Gasteiger partial charge on any atom is -0.482 e. The Labute approximate surface area is 187 Å². The molecular weight excluding hydrogens is 441 g/mol. The summed E-state index contributed by atoms with van der Waals surface area (Å²) in [5.74, 6) is -0.636. The third-order valence-electron chi connectivity index (χ3n) is 4.82. The van der Waals surface area contributed by atoms with E-state index in [0.29, 0.717) is 49.4 Å². The van der Waals surface area contributed by atoms with Gasteiger partial charge in [-0.3, -0.25) is 0 Å². The maximum Gasteiger partial charge on any atom is 0.341 e. The number of aryl methyl sites for hydroxylation is 1. The Morgan fingerprint density at radius 1 is 1.26 bits per heavy atom. The van der Waals surface area contributed by atoms with Crippen molar-refractivity contribution >= 4 is 40.1 Å². The van der Waals surface area contributed by atoms with E-state index in [0.717, 1.165) is 5.39 Å². The third-order valence-corrected chi connectivity index (χ3v) is 5.37. The average Bonchev–Trinajstić information content (AvgIpc) is 3.26. The predicted molar refractivity (Wildman–Crippen MR) is 118 cm³/mol. The van der Waals surface area contributed by atoms with Gasteiger partial charge < -0.3 is 15.6 Å². The number of ether oxygens (including phenoxy) is 1. The van der Waals surface area contributed by atoms with E-state index in [1.807, 2.05) is 6.92 Å². The van der Waals surface area contributed by atoms with E-state index in [2.05, 4.69) is 10.1 Å². The number of carbonyl (C=O) groups is 1. The summed E-state index contributed by atoms with van der Waals surface area (Å²) in [5, 5.41) is 14.9. The van der Waals surface area contributed by atoms with Crippen LogP contribution in [0.3, 0.4) is 0 Å². The van der Waals surface area contributed by atoms with Gasteiger partial charge in [-0.1, -0.05) is 23.2 Å². The zero-order valence-corrected chi connectivity index (χ0v) is 17.9. The van der Waals surface area contributed by atoms with Crippen LogP contribution >= 0.6 is 23.2 Å². The van der Waals surface area contributed by atoms with Crippen LogP contribution in [0.1, 0.15) is 11.1 Å². The highest BCUT2D eigenvalue weighted by atomic mass is 35.5. The molecule has 4 rings (SSSR count). The van der Waals surface area contributed by atoms with Crippen molar-refractivity contribution in [3.05, 3.63) is 64.2 Å². The summed E-state index contributed by atoms with van der Waals surface area (Å²) in [5.41, 5.74) is 10.2. The van der Waals surface area contributed by atoms with Gasteiger partial charge in [-0.25, -0.2) is 19.4 Å². The van der Waals surface area contributed by atoms with E-state index >= 15 is 0 Å². The first-order chi connectivity index (χ1) is 14.9. The lowest BCUT2D eigenvalue weighted by Gasteiger charge is -2.19. The van der Waals surface area contributed by atoms with Crippen LogP contribution in [-0.2, 0) is 11.3 Å². The molecule has 0 amide bonds. The highest BCUT2D eigenvalue weighted by Crippen LogP contribution is 2.39. The lowest BCUT2D eigenvalue weighted by Crippen LogP contribution is -2.12. The normalized spacial score (nSPS) is 11.1. The quantitative estimate of drug-likeness (QED) is 0.448. The van der Waals surface area contributed by atoms with Crippen LogP contribution in [0.5, 0.6) is 5.75 Å². The van der Waals surface area contributed by atoms with Crippen LogP contribution in [0.2, 0.25) is 10.0 Å². The number of hydrogen-bond acceptors (Lipinski definition) is 6. The number of nitrogens with two attached hydrogens (primary N) is 1. The van der Waals surface area contributed by atoms with Crippen molar-refractivity contribution in [3.8, 4) is 22.7 Å². The molecule has 0 bridgehead atoms. The van der Waals surface area contributed by atoms with Crippen LogP contribution in [0.15, 0.2) is 43.0 Å². The lowest BCUT2D eigenvalue weighted by atomic mass is 9.98. The largest absolute Gasteiger partial charge is 0.482 e. The monoisotopic (exact) mass is 457 g/mol. The molecule has 3 N–H and O–H groups in total. The zero-order chi connectivity index (χ0) is 22.1. The fourth-order valence-corrected chi connectivity index (χ4v) is 3.99. The zero-order valence-electron chi connectivity index (χ0n) is 16.3. The van der Waals surface area contributed by atoms with E-state index in [1.54, 1.807) is 41.3 Å². The molecule has 0 radical (unpaired) electrons. The van der Waals surface area contributed by atoms with Crippen LogP contribution in [0.25, 0.3) is 27.8 Å². The Morgan fingerprint density at radius 3 is 2.71 bits per heavy atom. The molecule has 2 aromatic carbocycles. The molecule has 0 saturated heterocycles. The van der Waals surface area contributed by atoms with Gasteiger partial charge in [0.25, 0.3) is 0 Å². The van der Waals surface area contributed by atoms with Gasteiger partial charge in [0.15, 0.2) is 6.61 Å². The van der Waals surface area contributed by atoms with Crippen molar-refractivity contribution in [1.82, 2.24) is 19.7 Å². The first kappa shape index (κ1) is 21.0. The second-order valence-electron chi connectivity index (χ2n) is 6.72. The first-order valence-corrected chi connectivity index (χ1v) is 9.97. The SMILES string of the molecule is Cc1c(OCC(=O)O)ccc2nc(-c3ccc(Cl)cc3Cl)c(CN)c(-n3cncn3)c12. The Balaban J connectivity index is 2.06. The molecular formula is C21H17Cl2N5O3. The van der Waals surface area contributed by atoms with E-state index < -0.39 is 12.6 Å². The number of aromatic nitrogens is 4. The van der Waals surface area contributed by atoms with Crippen LogP contribution < -0.4 is 10.5 Å². The number of halogens is 2. The summed E-state index contributed by atoms with van der Waals surface area (Å²) in [6.07, 6.45) is 2.98. The molecule has 0 unspecified atom stereocenters. The number of hydrogen-bond donors (Lipinski definition) is 2. The van der Waals surface area contributed by atoms with Gasteiger partial charge in [0.1, 0.15) is 18.4 Å². The van der Waals surface area contributed by atoms with Gasteiger partial charge in [-0.15, -0.1) is 0 Å². The van der Waals surface area contributed by atoms with Gasteiger partial charge in [-0.05, 0) is 37.3 Å². The van der Waals surface area contributed by atoms with E-state index in [9.17, 15) is 4.79 Å². The highest BCUT2D eigenvalue weighted by Gasteiger charge is 2.22. The smallest absolute Gasteiger partial charge is 0.341 e. The molecule has 0 spiro atoms. The molecule has 0 aliphatic rings. The maximum absolute atomic E-state index is 11.0. The Bertz CT molecular complexity index is 1290. The van der Waals surface area contributed by atoms with Crippen LogP contribution in [-0.4, -0.2) is 37.4 Å². The van der Waals surface area contributed by atoms with Crippen LogP contribution in [0.4, 0.5) is 0 Å². The Hall–Kier alpha value is -3.20. The minimum atomic E-state index is -1.07. The molecule has 0 atom stereocenters. The molecule has 2 aromatic heterocycles. The second-order valence-corrected chi connectivity index (χ2v) is 7.56. The number of benzene rings is 2. The van der Waals surface area contributed by atoms with Crippen molar-refractivity contribution in [2.75, 3.05) is 6.61 Å². The molecule has 0 aliphatic carbocycles. The van der Waals surface area contributed by atoms with Crippen molar-refractivity contribution in [2.45, 2.75) is 13.5 Å². The predicted octanol–water partition coefficient (Wildman–Crippen LogP) is 4.02. The average molecular weight is 458 g/mol. The maximum atomic E-state index is 11.0. The first-order valence-electron chi connectivity index (χ1n) is 9.22. The number of rotatable bonds is 6. The number of pyridine rings is 1. The van der Waals surface area contributed by atoms with Crippen molar-refractivity contribution < 1.29 is 14.6 Å². The standard InChI is InChI=1S/C21H17Cl2N5O3/c1-11-17(31-8-18(29)30)5-4-16-19(11)21(28-10-25-9-26-28)14(7-24)20(27-16)13-3-2-12(22)6-15(13)23/h2-6,9-10H,7-8,24H2,1H3,(H,29,30). The summed E-state index contributed by atoms with van der Waals surface area (Å²) in [6, 6.07) is 8.62. The van der Waals surface area contributed by atoms with Gasteiger partial charge >= 0.3 is 5.97 Å². The topological polar surface area (TPSA) is 116 Å². The van der Waals surface area contributed by atoms with E-state index in [1.165, 1.54) is 6.33 Å². The summed E-state index contributed by atoms with van der Waals surface area (Å²) >= 11 is 12.5. The van der Waals surface area contributed by atoms with Crippen LogP contribution in [0, 0.1) is 6.92 Å². The minimum absolute atomic E-state index is 0.145. The molecule has 158 valence electrons. The van der Waals surface area contributed by atoms with Gasteiger partial charge in [0, 0.05) is 33.6 Å². The summed E-state index contributed by atoms with van der Waals surface area (Å²) in [6.45, 7) is 1.52. The number of carboxylic acids is 1. The summed E-state index contributed by atoms with van der Waals surface area (Å²) in [7, 11) is 0. The molecule has 2 heterocycles. The van der Waals surface area contributed by atoms with Crippen molar-refractivity contribution in [3.63, 3.8) is 0 Å². The van der Waals surface area contributed by atoms with Crippen molar-refractivity contribution in [1.29, 1.82) is 0 Å². The molecule has 8 nitrogen and oxygen atoms in total. The van der Waals surface area contributed by atoms with Gasteiger partial charge in [0.2, 0.25) is 0 Å². The number of nitrogens with zero attached hydrogens (tertiary/aromatic N) is 4. The van der Waals surface area contributed by atoms with Crippen molar-refractivity contribution in [2.24, 2.45) is 5.73 Å². The molecule has 0 aliphatic heterocycles. The number of aliphatic carboxylic acids is 1. The molecule has 31 heavy (non-hydrogen) atoms. The summed E-state index contributed by atoms with van der Waals surface area (Å²) in [4.78, 5) is 19.9. The van der Waals surface area contributed by atoms with E-state index in [-0.39, 0.29) is 6.54 Å². The lowest BCUT2D eigenvalue weighted by molar-refractivity contribution is -0.139.